The Morgan fingerprint density at radius 1 is 1.36 bits per heavy atom. The molecule has 0 aromatic heterocycles. The molecule has 0 saturated heterocycles. The van der Waals surface area contributed by atoms with E-state index in [1.807, 2.05) is 17.5 Å². The molecule has 0 heterocycles. The van der Waals surface area contributed by atoms with Gasteiger partial charge in [0.15, 0.2) is 0 Å². The summed E-state index contributed by atoms with van der Waals surface area (Å²) in [6.45, 7) is 0. The first kappa shape index (κ1) is 11.5. The monoisotopic (exact) mass is 190 g/mol. The topological polar surface area (TPSA) is 49.8 Å². The van der Waals surface area contributed by atoms with Crippen LogP contribution in [0.25, 0.3) is 0 Å². The Morgan fingerprint density at radius 3 is 2.36 bits per heavy atom. The second-order valence-corrected chi connectivity index (χ2v) is 2.62. The predicted octanol–water partition coefficient (Wildman–Crippen LogP) is -1.04. The van der Waals surface area contributed by atoms with E-state index in [1.54, 1.807) is 12.1 Å². The van der Waals surface area contributed by atoms with E-state index in [4.69, 9.17) is 11.0 Å². The van der Waals surface area contributed by atoms with Crippen LogP contribution in [-0.2, 0) is 0 Å². The van der Waals surface area contributed by atoms with E-state index < -0.39 is 0 Å². The number of thiocyanates is 1. The van der Waals surface area contributed by atoms with Crippen LogP contribution in [-0.4, -0.2) is 0 Å². The van der Waals surface area contributed by atoms with Crippen molar-refractivity contribution >= 4 is 17.4 Å². The molecule has 11 heavy (non-hydrogen) atoms. The minimum atomic E-state index is 0. The summed E-state index contributed by atoms with van der Waals surface area (Å²) in [5.74, 6) is 0. The Hall–Kier alpha value is 0.496. The molecule has 2 N–H and O–H groups in total. The predicted molar refractivity (Wildman–Crippen MR) is 43.4 cm³/mol. The third-order valence-electron chi connectivity index (χ3n) is 1.04. The fourth-order valence-corrected chi connectivity index (χ4v) is 0.966. The van der Waals surface area contributed by atoms with Gasteiger partial charge in [-0.2, -0.15) is 5.26 Å². The van der Waals surface area contributed by atoms with Crippen LogP contribution in [0, 0.1) is 10.7 Å². The van der Waals surface area contributed by atoms with Crippen molar-refractivity contribution in [3.05, 3.63) is 24.3 Å². The van der Waals surface area contributed by atoms with Crippen LogP contribution in [0.5, 0.6) is 0 Å². The van der Waals surface area contributed by atoms with Gasteiger partial charge in [-0.3, -0.25) is 0 Å². The third-order valence-corrected chi connectivity index (χ3v) is 1.64. The van der Waals surface area contributed by atoms with E-state index in [-0.39, 0.29) is 52.8 Å². The molecule has 0 aliphatic carbocycles. The summed E-state index contributed by atoms with van der Waals surface area (Å²) >= 11 is 1.13. The summed E-state index contributed by atoms with van der Waals surface area (Å²) in [4.78, 5) is 0.928. The average molecular weight is 190 g/mol. The Balaban J connectivity index is 0. The number of nitrogens with zero attached hydrogens (tertiary/aromatic N) is 1. The van der Waals surface area contributed by atoms with Crippen molar-refractivity contribution in [2.24, 2.45) is 0 Å². The molecule has 1 aromatic rings. The first-order valence-electron chi connectivity index (χ1n) is 2.74. The molecule has 0 spiro atoms. The number of nitrogen functional groups attached to an aromatic ring is 1. The second kappa shape index (κ2) is 6.06. The maximum Gasteiger partial charge on any atom is 1.00 e. The number of hydrogen-bond donors (Lipinski definition) is 1. The van der Waals surface area contributed by atoms with Gasteiger partial charge in [0.2, 0.25) is 0 Å². The van der Waals surface area contributed by atoms with Crippen LogP contribution in [0.4, 0.5) is 5.69 Å². The Kier molecular flexibility index (Phi) is 6.34. The van der Waals surface area contributed by atoms with Crippen molar-refractivity contribution < 1.29 is 52.8 Å². The molecule has 0 fully saturated rings. The van der Waals surface area contributed by atoms with Crippen molar-refractivity contribution in [2.75, 3.05) is 5.73 Å². The van der Waals surface area contributed by atoms with Crippen LogP contribution in [0.1, 0.15) is 1.43 Å². The van der Waals surface area contributed by atoms with Gasteiger partial charge >= 0.3 is 51.4 Å². The maximum atomic E-state index is 8.27. The molecule has 0 unspecified atom stereocenters. The number of nitriles is 1. The van der Waals surface area contributed by atoms with E-state index in [0.717, 1.165) is 22.3 Å². The minimum absolute atomic E-state index is 0. The molecule has 0 bridgehead atoms. The van der Waals surface area contributed by atoms with Gasteiger partial charge in [-0.15, -0.1) is 0 Å². The van der Waals surface area contributed by atoms with Gasteiger partial charge in [-0.05, 0) is 36.0 Å². The smallest absolute Gasteiger partial charge is 1.00 e. The van der Waals surface area contributed by atoms with Crippen LogP contribution >= 0.6 is 11.8 Å². The largest absolute Gasteiger partial charge is 1.00 e. The van der Waals surface area contributed by atoms with Gasteiger partial charge in [-0.1, -0.05) is 0 Å². The van der Waals surface area contributed by atoms with Crippen LogP contribution < -0.4 is 57.1 Å². The van der Waals surface area contributed by atoms with Crippen molar-refractivity contribution in [1.82, 2.24) is 0 Å². The minimum Gasteiger partial charge on any atom is -1.00 e. The molecule has 0 amide bonds. The number of thioether (sulfide) groups is 1. The molecule has 0 radical (unpaired) electrons. The van der Waals surface area contributed by atoms with Crippen LogP contribution in [0.15, 0.2) is 29.2 Å². The zero-order valence-corrected chi connectivity index (χ0v) is 10.2. The van der Waals surface area contributed by atoms with E-state index in [9.17, 15) is 0 Å². The van der Waals surface area contributed by atoms with Crippen LogP contribution in [0.3, 0.4) is 0 Å². The molecular weight excluding hydrogens is 183 g/mol. The molecule has 0 saturated carbocycles. The number of anilines is 1. The van der Waals surface area contributed by atoms with Gasteiger partial charge in [0.25, 0.3) is 0 Å². The molecule has 1 aromatic carbocycles. The molecule has 1 rings (SSSR count). The Morgan fingerprint density at radius 2 is 1.91 bits per heavy atom. The maximum absolute atomic E-state index is 8.27. The summed E-state index contributed by atoms with van der Waals surface area (Å²) in [6.07, 6.45) is 0. The normalized spacial score (nSPS) is 7.91. The molecule has 2 nitrogen and oxygen atoms in total. The Labute approximate surface area is 114 Å². The molecule has 4 heteroatoms. The fourth-order valence-electron chi connectivity index (χ4n) is 0.589. The summed E-state index contributed by atoms with van der Waals surface area (Å²) in [5, 5.41) is 10.2. The standard InChI is InChI=1S/C7H6N2S.K.H/c8-5-10-7-3-1-6(9)2-4-7;;/h1-4H,9H2;;/q;+1;-1. The molecule has 0 aliphatic rings. The van der Waals surface area contributed by atoms with Gasteiger partial charge in [-0.25, -0.2) is 0 Å². The average Bonchev–Trinajstić information content (AvgIpc) is 1.95. The van der Waals surface area contributed by atoms with Crippen molar-refractivity contribution in [1.29, 1.82) is 5.26 Å². The number of rotatable bonds is 1. The van der Waals surface area contributed by atoms with Crippen molar-refractivity contribution in [2.45, 2.75) is 4.90 Å². The third kappa shape index (κ3) is 4.16. The van der Waals surface area contributed by atoms with E-state index in [1.165, 1.54) is 0 Å². The Bertz CT molecular complexity index is 257. The van der Waals surface area contributed by atoms with Crippen LogP contribution in [0.2, 0.25) is 0 Å². The molecule has 0 atom stereocenters. The van der Waals surface area contributed by atoms with Crippen molar-refractivity contribution in [3.63, 3.8) is 0 Å². The second-order valence-electron chi connectivity index (χ2n) is 1.76. The molecule has 52 valence electrons. The quantitative estimate of drug-likeness (QED) is 0.266. The van der Waals surface area contributed by atoms with Gasteiger partial charge < -0.3 is 7.16 Å². The number of benzene rings is 1. The van der Waals surface area contributed by atoms with E-state index >= 15 is 0 Å². The van der Waals surface area contributed by atoms with Gasteiger partial charge in [0, 0.05) is 10.6 Å². The summed E-state index contributed by atoms with van der Waals surface area (Å²) in [6, 6.07) is 7.20. The van der Waals surface area contributed by atoms with E-state index in [0.29, 0.717) is 0 Å². The first-order chi connectivity index (χ1) is 4.83. The zero-order chi connectivity index (χ0) is 7.40. The summed E-state index contributed by atoms with van der Waals surface area (Å²) < 4.78 is 0. The zero-order valence-electron chi connectivity index (χ0n) is 7.24. The van der Waals surface area contributed by atoms with Gasteiger partial charge in [0.05, 0.1) is 0 Å². The molecule has 0 aliphatic heterocycles. The number of hydrogen-bond acceptors (Lipinski definition) is 3. The van der Waals surface area contributed by atoms with Crippen molar-refractivity contribution in [3.8, 4) is 5.40 Å². The number of nitrogens with two attached hydrogens (primary N) is 1. The molecular formula is C7H7KN2S. The fraction of sp³-hybridized carbons (Fsp3) is 0. The van der Waals surface area contributed by atoms with Gasteiger partial charge in [0.1, 0.15) is 5.40 Å². The van der Waals surface area contributed by atoms with E-state index in [2.05, 4.69) is 0 Å². The summed E-state index contributed by atoms with van der Waals surface area (Å²) in [5.41, 5.74) is 6.16. The summed E-state index contributed by atoms with van der Waals surface area (Å²) in [7, 11) is 0. The SMILES string of the molecule is N#CSc1ccc(N)cc1.[H-].[K+]. The first-order valence-corrected chi connectivity index (χ1v) is 3.56.